The molecule has 21 heavy (non-hydrogen) atoms. The number of piperidine rings is 1. The molecule has 1 aliphatic heterocycles. The predicted octanol–water partition coefficient (Wildman–Crippen LogP) is 1.66. The van der Waals surface area contributed by atoms with E-state index in [0.717, 1.165) is 18.4 Å². The standard InChI is InChI=1S/C16H23FN2O2/c1-18(2)15(13-3-5-14(17)6-4-13)16(21)19-9-7-12(11-20)8-10-19/h3-6,12,15,20H,7-11H2,1-2H3/t15-/m0/s1. The molecule has 0 saturated carbocycles. The second-order valence-electron chi connectivity index (χ2n) is 5.87. The molecular formula is C16H23FN2O2. The first-order valence-corrected chi connectivity index (χ1v) is 7.34. The Bertz CT molecular complexity index is 468. The van der Waals surface area contributed by atoms with Crippen LogP contribution in [-0.4, -0.2) is 54.6 Å². The van der Waals surface area contributed by atoms with Crippen molar-refractivity contribution in [2.24, 2.45) is 5.92 Å². The average molecular weight is 294 g/mol. The molecule has 5 heteroatoms. The Morgan fingerprint density at radius 3 is 2.38 bits per heavy atom. The molecule has 0 aromatic heterocycles. The molecule has 0 spiro atoms. The van der Waals surface area contributed by atoms with E-state index in [0.29, 0.717) is 19.0 Å². The molecule has 1 amide bonds. The van der Waals surface area contributed by atoms with Crippen LogP contribution in [-0.2, 0) is 4.79 Å². The fourth-order valence-corrected chi connectivity index (χ4v) is 2.82. The molecule has 1 saturated heterocycles. The van der Waals surface area contributed by atoms with Gasteiger partial charge in [0, 0.05) is 19.7 Å². The average Bonchev–Trinajstić information content (AvgIpc) is 2.49. The molecule has 0 unspecified atom stereocenters. The van der Waals surface area contributed by atoms with E-state index in [9.17, 15) is 14.3 Å². The molecule has 2 rings (SSSR count). The summed E-state index contributed by atoms with van der Waals surface area (Å²) in [6, 6.07) is 5.71. The molecule has 0 aliphatic carbocycles. The van der Waals surface area contributed by atoms with Crippen molar-refractivity contribution >= 4 is 5.91 Å². The van der Waals surface area contributed by atoms with Crippen LogP contribution >= 0.6 is 0 Å². The molecule has 116 valence electrons. The van der Waals surface area contributed by atoms with Gasteiger partial charge >= 0.3 is 0 Å². The van der Waals surface area contributed by atoms with Crippen molar-refractivity contribution in [1.29, 1.82) is 0 Å². The van der Waals surface area contributed by atoms with E-state index in [1.807, 2.05) is 23.9 Å². The SMILES string of the molecule is CN(C)[C@H](C(=O)N1CCC(CO)CC1)c1ccc(F)cc1. The number of nitrogens with zero attached hydrogens (tertiary/aromatic N) is 2. The molecule has 0 bridgehead atoms. The van der Waals surface area contributed by atoms with Crippen molar-refractivity contribution in [3.63, 3.8) is 0 Å². The van der Waals surface area contributed by atoms with Gasteiger partial charge in [0.1, 0.15) is 11.9 Å². The van der Waals surface area contributed by atoms with Gasteiger partial charge in [-0.05, 0) is 50.6 Å². The van der Waals surface area contributed by atoms with Crippen molar-refractivity contribution < 1.29 is 14.3 Å². The van der Waals surface area contributed by atoms with Gasteiger partial charge in [0.2, 0.25) is 5.91 Å². The van der Waals surface area contributed by atoms with E-state index in [2.05, 4.69) is 0 Å². The number of benzene rings is 1. The molecule has 1 aromatic carbocycles. The van der Waals surface area contributed by atoms with Crippen LogP contribution in [0.5, 0.6) is 0 Å². The molecule has 4 nitrogen and oxygen atoms in total. The van der Waals surface area contributed by atoms with Crippen molar-refractivity contribution in [3.05, 3.63) is 35.6 Å². The Balaban J connectivity index is 2.11. The van der Waals surface area contributed by atoms with Crippen LogP contribution in [0.1, 0.15) is 24.4 Å². The van der Waals surface area contributed by atoms with Gasteiger partial charge in [-0.1, -0.05) is 12.1 Å². The number of likely N-dealkylation sites (N-methyl/N-ethyl adjacent to an activating group) is 1. The smallest absolute Gasteiger partial charge is 0.244 e. The third kappa shape index (κ3) is 3.80. The summed E-state index contributed by atoms with van der Waals surface area (Å²) in [5, 5.41) is 9.17. The first-order chi connectivity index (χ1) is 10.0. The molecule has 1 N–H and O–H groups in total. The quantitative estimate of drug-likeness (QED) is 0.918. The van der Waals surface area contributed by atoms with Crippen molar-refractivity contribution in [3.8, 4) is 0 Å². The Morgan fingerprint density at radius 1 is 1.33 bits per heavy atom. The van der Waals surface area contributed by atoms with Crippen LogP contribution in [0.2, 0.25) is 0 Å². The lowest BCUT2D eigenvalue weighted by Crippen LogP contribution is -2.44. The Morgan fingerprint density at radius 2 is 1.90 bits per heavy atom. The van der Waals surface area contributed by atoms with Crippen molar-refractivity contribution in [2.45, 2.75) is 18.9 Å². The van der Waals surface area contributed by atoms with E-state index < -0.39 is 6.04 Å². The van der Waals surface area contributed by atoms with Gasteiger partial charge in [-0.25, -0.2) is 4.39 Å². The number of aliphatic hydroxyl groups is 1. The fraction of sp³-hybridized carbons (Fsp3) is 0.562. The van der Waals surface area contributed by atoms with E-state index in [1.54, 1.807) is 12.1 Å². The lowest BCUT2D eigenvalue weighted by Gasteiger charge is -2.35. The Labute approximate surface area is 125 Å². The zero-order valence-corrected chi connectivity index (χ0v) is 12.6. The van der Waals surface area contributed by atoms with E-state index in [4.69, 9.17) is 0 Å². The molecule has 1 heterocycles. The van der Waals surface area contributed by atoms with Crippen LogP contribution in [0, 0.1) is 11.7 Å². The van der Waals surface area contributed by atoms with Crippen LogP contribution in [0.15, 0.2) is 24.3 Å². The number of hydrogen-bond acceptors (Lipinski definition) is 3. The lowest BCUT2D eigenvalue weighted by molar-refractivity contribution is -0.138. The summed E-state index contributed by atoms with van der Waals surface area (Å²) in [6.07, 6.45) is 1.68. The number of aliphatic hydroxyl groups excluding tert-OH is 1. The minimum Gasteiger partial charge on any atom is -0.396 e. The first kappa shape index (κ1) is 15.9. The van der Waals surface area contributed by atoms with Crippen molar-refractivity contribution in [1.82, 2.24) is 9.80 Å². The first-order valence-electron chi connectivity index (χ1n) is 7.34. The summed E-state index contributed by atoms with van der Waals surface area (Å²) < 4.78 is 13.1. The normalized spacial score (nSPS) is 18.0. The van der Waals surface area contributed by atoms with Crippen LogP contribution in [0.4, 0.5) is 4.39 Å². The van der Waals surface area contributed by atoms with Crippen LogP contribution < -0.4 is 0 Å². The minimum absolute atomic E-state index is 0.0444. The van der Waals surface area contributed by atoms with E-state index >= 15 is 0 Å². The highest BCUT2D eigenvalue weighted by molar-refractivity contribution is 5.83. The highest BCUT2D eigenvalue weighted by Gasteiger charge is 2.30. The Kier molecular flexibility index (Phi) is 5.31. The fourth-order valence-electron chi connectivity index (χ4n) is 2.82. The maximum atomic E-state index is 13.1. The third-order valence-corrected chi connectivity index (χ3v) is 4.12. The van der Waals surface area contributed by atoms with Crippen molar-refractivity contribution in [2.75, 3.05) is 33.8 Å². The third-order valence-electron chi connectivity index (χ3n) is 4.12. The highest BCUT2D eigenvalue weighted by atomic mass is 19.1. The largest absolute Gasteiger partial charge is 0.396 e. The molecule has 0 radical (unpaired) electrons. The zero-order valence-electron chi connectivity index (χ0n) is 12.6. The predicted molar refractivity (Wildman–Crippen MR) is 79.2 cm³/mol. The van der Waals surface area contributed by atoms with Gasteiger partial charge in [0.05, 0.1) is 0 Å². The van der Waals surface area contributed by atoms with Gasteiger partial charge in [-0.3, -0.25) is 9.69 Å². The van der Waals surface area contributed by atoms with Crippen LogP contribution in [0.25, 0.3) is 0 Å². The summed E-state index contributed by atoms with van der Waals surface area (Å²) in [5.74, 6) is 0.0492. The maximum Gasteiger partial charge on any atom is 0.244 e. The van der Waals surface area contributed by atoms with Gasteiger partial charge in [-0.2, -0.15) is 0 Å². The number of halogens is 1. The highest BCUT2D eigenvalue weighted by Crippen LogP contribution is 2.24. The second kappa shape index (κ2) is 7.00. The summed E-state index contributed by atoms with van der Waals surface area (Å²) in [7, 11) is 3.71. The number of hydrogen-bond donors (Lipinski definition) is 1. The summed E-state index contributed by atoms with van der Waals surface area (Å²) in [5.41, 5.74) is 0.802. The number of amides is 1. The van der Waals surface area contributed by atoms with Crippen LogP contribution in [0.3, 0.4) is 0 Å². The minimum atomic E-state index is -0.392. The maximum absolute atomic E-state index is 13.1. The topological polar surface area (TPSA) is 43.8 Å². The monoisotopic (exact) mass is 294 g/mol. The number of carbonyl (C=O) groups is 1. The number of rotatable bonds is 4. The molecule has 1 aliphatic rings. The summed E-state index contributed by atoms with van der Waals surface area (Å²) >= 11 is 0. The van der Waals surface area contributed by atoms with Gasteiger partial charge in [-0.15, -0.1) is 0 Å². The van der Waals surface area contributed by atoms with Gasteiger partial charge in [0.25, 0.3) is 0 Å². The summed E-state index contributed by atoms with van der Waals surface area (Å²) in [4.78, 5) is 16.5. The molecule has 1 fully saturated rings. The Hall–Kier alpha value is -1.46. The number of carbonyl (C=O) groups excluding carboxylic acids is 1. The number of likely N-dealkylation sites (tertiary alicyclic amines) is 1. The van der Waals surface area contributed by atoms with E-state index in [-0.39, 0.29) is 18.3 Å². The van der Waals surface area contributed by atoms with Gasteiger partial charge in [0.15, 0.2) is 0 Å². The second-order valence-corrected chi connectivity index (χ2v) is 5.87. The molecule has 1 atom stereocenters. The van der Waals surface area contributed by atoms with E-state index in [1.165, 1.54) is 12.1 Å². The van der Waals surface area contributed by atoms with Gasteiger partial charge < -0.3 is 10.0 Å². The molecule has 1 aromatic rings. The summed E-state index contributed by atoms with van der Waals surface area (Å²) in [6.45, 7) is 1.54. The lowest BCUT2D eigenvalue weighted by atomic mass is 9.96. The molecular weight excluding hydrogens is 271 g/mol. The zero-order chi connectivity index (χ0) is 15.4.